The predicted octanol–water partition coefficient (Wildman–Crippen LogP) is 16.9. The largest absolute Gasteiger partial charge is 0.472 e. The van der Waals surface area contributed by atoms with Crippen molar-refractivity contribution in [3.05, 3.63) is 0 Å². The maximum atomic E-state index is 13.0. The van der Waals surface area contributed by atoms with E-state index in [0.29, 0.717) is 25.7 Å². The molecule has 0 radical (unpaired) electrons. The van der Waals surface area contributed by atoms with Gasteiger partial charge in [0.25, 0.3) is 0 Å². The highest BCUT2D eigenvalue weighted by Gasteiger charge is 2.30. The number of hydrogen-bond donors (Lipinski definition) is 3. The molecule has 3 N–H and O–H groups in total. The Kier molecular flexibility index (Phi) is 53.4. The first-order valence-electron chi connectivity index (χ1n) is 32.5. The third kappa shape index (κ3) is 55.7. The number of esters is 4. The van der Waals surface area contributed by atoms with Gasteiger partial charge in [-0.2, -0.15) is 0 Å². The van der Waals surface area contributed by atoms with E-state index in [1.54, 1.807) is 0 Å². The molecular formula is C62H120O17P2. The Morgan fingerprint density at radius 3 is 0.938 bits per heavy atom. The summed E-state index contributed by atoms with van der Waals surface area (Å²) >= 11 is 0. The molecule has 0 amide bonds. The summed E-state index contributed by atoms with van der Waals surface area (Å²) in [5, 5.41) is 10.5. The van der Waals surface area contributed by atoms with Crippen LogP contribution in [-0.2, 0) is 65.4 Å². The average molecular weight is 1200 g/mol. The van der Waals surface area contributed by atoms with Gasteiger partial charge >= 0.3 is 39.5 Å². The van der Waals surface area contributed by atoms with Crippen molar-refractivity contribution in [1.82, 2.24) is 0 Å². The number of phosphoric ester groups is 2. The minimum atomic E-state index is -4.94. The van der Waals surface area contributed by atoms with Gasteiger partial charge in [-0.1, -0.05) is 253 Å². The Hall–Kier alpha value is -1.94. The first kappa shape index (κ1) is 79.1. The molecule has 0 bridgehead atoms. The lowest BCUT2D eigenvalue weighted by Crippen LogP contribution is -2.30. The lowest BCUT2D eigenvalue weighted by molar-refractivity contribution is -0.161. The highest BCUT2D eigenvalue weighted by Crippen LogP contribution is 2.45. The molecule has 0 saturated heterocycles. The van der Waals surface area contributed by atoms with Crippen molar-refractivity contribution < 1.29 is 80.2 Å². The molecule has 6 atom stereocenters. The Bertz CT molecular complexity index is 1600. The van der Waals surface area contributed by atoms with E-state index in [2.05, 4.69) is 41.5 Å². The van der Waals surface area contributed by atoms with Crippen LogP contribution in [0.1, 0.15) is 305 Å². The summed E-state index contributed by atoms with van der Waals surface area (Å²) in [6, 6.07) is 0. The molecule has 0 aliphatic carbocycles. The fraction of sp³-hybridized carbons (Fsp3) is 0.935. The second-order valence-electron chi connectivity index (χ2n) is 23.2. The molecule has 0 saturated carbocycles. The molecule has 3 unspecified atom stereocenters. The van der Waals surface area contributed by atoms with Crippen molar-refractivity contribution >= 4 is 39.5 Å². The predicted molar refractivity (Wildman–Crippen MR) is 321 cm³/mol. The monoisotopic (exact) mass is 1200 g/mol. The molecule has 0 spiro atoms. The number of unbranched alkanes of at least 4 members (excludes halogenated alkanes) is 30. The summed E-state index contributed by atoms with van der Waals surface area (Å²) in [5.74, 6) is -0.670. The van der Waals surface area contributed by atoms with Crippen LogP contribution in [0.5, 0.6) is 0 Å². The van der Waals surface area contributed by atoms with Crippen LogP contribution in [0.3, 0.4) is 0 Å². The van der Waals surface area contributed by atoms with Gasteiger partial charge in [0, 0.05) is 25.7 Å². The molecule has 81 heavy (non-hydrogen) atoms. The standard InChI is InChI=1S/C62H120O17P2/c1-7-10-12-14-16-17-18-22-26-33-39-45-60(65)73-51-57(78-61(66)46-40-34-27-23-20-19-21-25-30-36-42-54(4)5)52-76-80(68,69)74-48-56(63)49-75-81(70,71)77-53-58(50-72-59(64)44-38-32-24-15-13-11-8-2)79-62(67)47-41-35-29-28-31-37-43-55(6)9-3/h54-58,63H,7-53H2,1-6H3,(H,68,69)(H,70,71)/t55?,56-,57-,58-/m1/s1. The zero-order chi connectivity index (χ0) is 60.1. The van der Waals surface area contributed by atoms with E-state index < -0.39 is 97.5 Å². The van der Waals surface area contributed by atoms with Crippen molar-refractivity contribution in [3.8, 4) is 0 Å². The van der Waals surface area contributed by atoms with Crippen molar-refractivity contribution in [1.29, 1.82) is 0 Å². The van der Waals surface area contributed by atoms with E-state index >= 15 is 0 Å². The molecule has 19 heteroatoms. The number of hydrogen-bond acceptors (Lipinski definition) is 15. The zero-order valence-electron chi connectivity index (χ0n) is 52.1. The SMILES string of the molecule is CCCCCCCCCCCCCC(=O)OC[C@H](COP(=O)(O)OC[C@@H](O)COP(=O)(O)OC[C@@H](COC(=O)CCCCCCCCC)OC(=O)CCCCCCCCC(C)CC)OC(=O)CCCCCCCCCCCCC(C)C. The zero-order valence-corrected chi connectivity index (χ0v) is 53.9. The van der Waals surface area contributed by atoms with Gasteiger partial charge in [-0.3, -0.25) is 37.3 Å². The summed E-state index contributed by atoms with van der Waals surface area (Å²) in [5.41, 5.74) is 0. The molecule has 0 aliphatic heterocycles. The molecule has 0 heterocycles. The first-order valence-corrected chi connectivity index (χ1v) is 35.5. The van der Waals surface area contributed by atoms with Crippen LogP contribution in [0, 0.1) is 11.8 Å². The van der Waals surface area contributed by atoms with Gasteiger partial charge in [0.15, 0.2) is 12.2 Å². The van der Waals surface area contributed by atoms with Crippen molar-refractivity contribution in [3.63, 3.8) is 0 Å². The molecule has 0 fully saturated rings. The second kappa shape index (κ2) is 54.7. The van der Waals surface area contributed by atoms with Crippen LogP contribution in [0.15, 0.2) is 0 Å². The van der Waals surface area contributed by atoms with Gasteiger partial charge in [0.2, 0.25) is 0 Å². The van der Waals surface area contributed by atoms with Gasteiger partial charge in [-0.15, -0.1) is 0 Å². The van der Waals surface area contributed by atoms with Crippen LogP contribution in [0.25, 0.3) is 0 Å². The van der Waals surface area contributed by atoms with E-state index in [1.165, 1.54) is 109 Å². The Labute approximate surface area is 492 Å². The molecule has 0 aromatic rings. The van der Waals surface area contributed by atoms with Gasteiger partial charge in [0.05, 0.1) is 26.4 Å². The van der Waals surface area contributed by atoms with E-state index in [0.717, 1.165) is 115 Å². The van der Waals surface area contributed by atoms with Crippen molar-refractivity contribution in [2.45, 2.75) is 323 Å². The number of aliphatic hydroxyl groups excluding tert-OH is 1. The normalized spacial score (nSPS) is 14.7. The average Bonchev–Trinajstić information content (AvgIpc) is 3.43. The van der Waals surface area contributed by atoms with E-state index in [1.807, 2.05) is 0 Å². The number of carbonyl (C=O) groups is 4. The summed E-state index contributed by atoms with van der Waals surface area (Å²) in [6.45, 7) is 9.38. The molecule has 0 rings (SSSR count). The highest BCUT2D eigenvalue weighted by atomic mass is 31.2. The number of carbonyl (C=O) groups excluding carboxylic acids is 4. The maximum Gasteiger partial charge on any atom is 0.472 e. The lowest BCUT2D eigenvalue weighted by atomic mass is 10.00. The fourth-order valence-corrected chi connectivity index (χ4v) is 10.7. The van der Waals surface area contributed by atoms with Crippen LogP contribution in [0.4, 0.5) is 0 Å². The summed E-state index contributed by atoms with van der Waals surface area (Å²) in [7, 11) is -9.88. The summed E-state index contributed by atoms with van der Waals surface area (Å²) in [6.07, 6.45) is 36.3. The van der Waals surface area contributed by atoms with Crippen LogP contribution in [0.2, 0.25) is 0 Å². The first-order chi connectivity index (χ1) is 38.9. The van der Waals surface area contributed by atoms with Crippen LogP contribution < -0.4 is 0 Å². The lowest BCUT2D eigenvalue weighted by Gasteiger charge is -2.21. The molecule has 17 nitrogen and oxygen atoms in total. The maximum absolute atomic E-state index is 13.0. The Morgan fingerprint density at radius 2 is 0.630 bits per heavy atom. The quantitative estimate of drug-likeness (QED) is 0.0222. The van der Waals surface area contributed by atoms with Gasteiger partial charge < -0.3 is 33.8 Å². The van der Waals surface area contributed by atoms with Gasteiger partial charge in [-0.05, 0) is 37.5 Å². The second-order valence-corrected chi connectivity index (χ2v) is 26.1. The van der Waals surface area contributed by atoms with Crippen molar-refractivity contribution in [2.75, 3.05) is 39.6 Å². The third-order valence-corrected chi connectivity index (χ3v) is 16.5. The Morgan fingerprint density at radius 1 is 0.358 bits per heavy atom. The third-order valence-electron chi connectivity index (χ3n) is 14.6. The van der Waals surface area contributed by atoms with E-state index in [4.69, 9.17) is 37.0 Å². The summed E-state index contributed by atoms with van der Waals surface area (Å²) in [4.78, 5) is 72.0. The Balaban J connectivity index is 5.23. The topological polar surface area (TPSA) is 237 Å². The minimum absolute atomic E-state index is 0.102. The van der Waals surface area contributed by atoms with E-state index in [-0.39, 0.29) is 25.7 Å². The van der Waals surface area contributed by atoms with Crippen molar-refractivity contribution in [2.24, 2.45) is 11.8 Å². The molecular weight excluding hydrogens is 1080 g/mol. The fourth-order valence-electron chi connectivity index (χ4n) is 9.15. The number of ether oxygens (including phenoxy) is 4. The minimum Gasteiger partial charge on any atom is -0.462 e. The summed E-state index contributed by atoms with van der Waals surface area (Å²) < 4.78 is 67.8. The molecule has 0 aromatic carbocycles. The van der Waals surface area contributed by atoms with Gasteiger partial charge in [-0.25, -0.2) is 9.13 Å². The van der Waals surface area contributed by atoms with Gasteiger partial charge in [0.1, 0.15) is 19.3 Å². The van der Waals surface area contributed by atoms with Crippen LogP contribution >= 0.6 is 15.6 Å². The highest BCUT2D eigenvalue weighted by molar-refractivity contribution is 7.47. The number of aliphatic hydroxyl groups is 1. The molecule has 480 valence electrons. The van der Waals surface area contributed by atoms with E-state index in [9.17, 15) is 43.2 Å². The molecule has 0 aromatic heterocycles. The number of rotatable bonds is 61. The van der Waals surface area contributed by atoms with Crippen LogP contribution in [-0.4, -0.2) is 96.7 Å². The smallest absolute Gasteiger partial charge is 0.462 e. The molecule has 0 aliphatic rings. The number of phosphoric acid groups is 2.